The third kappa shape index (κ3) is 4.77. The molecule has 10 heteroatoms. The molecule has 4 heterocycles. The molecule has 0 aliphatic heterocycles. The number of amides is 1. The molecule has 0 atom stereocenters. The van der Waals surface area contributed by atoms with Crippen molar-refractivity contribution in [3.05, 3.63) is 72.3 Å². The van der Waals surface area contributed by atoms with E-state index in [0.29, 0.717) is 17.3 Å². The number of nitrogens with zero attached hydrogens (tertiary/aromatic N) is 6. The number of fused-ring (bicyclic) bond motifs is 1. The van der Waals surface area contributed by atoms with Gasteiger partial charge < -0.3 is 14.8 Å². The van der Waals surface area contributed by atoms with Crippen LogP contribution >= 0.6 is 0 Å². The minimum atomic E-state index is -0.420. The van der Waals surface area contributed by atoms with Gasteiger partial charge in [0, 0.05) is 37.0 Å². The summed E-state index contributed by atoms with van der Waals surface area (Å²) in [6.07, 6.45) is 5.41. The lowest BCUT2D eigenvalue weighted by Gasteiger charge is -2.13. The molecule has 0 unspecified atom stereocenters. The van der Waals surface area contributed by atoms with Crippen LogP contribution in [-0.2, 0) is 19.0 Å². The molecule has 0 aliphatic rings. The molecule has 0 radical (unpaired) electrons. The number of aromatic nitrogens is 7. The molecule has 1 aromatic carbocycles. The number of hydrogen-bond acceptors (Lipinski definition) is 7. The summed E-state index contributed by atoms with van der Waals surface area (Å²) in [5, 5.41) is 11.0. The molecule has 10 nitrogen and oxygen atoms in total. The van der Waals surface area contributed by atoms with Crippen LogP contribution in [0.5, 0.6) is 0 Å². The summed E-state index contributed by atoms with van der Waals surface area (Å²) in [5.74, 6) is 0.717. The Labute approximate surface area is 213 Å². The van der Waals surface area contributed by atoms with E-state index in [0.717, 1.165) is 38.9 Å². The number of aryl methyl sites for hydroxylation is 1. The van der Waals surface area contributed by atoms with Gasteiger partial charge in [0.2, 0.25) is 0 Å². The van der Waals surface area contributed by atoms with Crippen molar-refractivity contribution in [3.8, 4) is 22.5 Å². The van der Waals surface area contributed by atoms with E-state index < -0.39 is 5.91 Å². The van der Waals surface area contributed by atoms with Crippen molar-refractivity contribution in [2.45, 2.75) is 39.7 Å². The molecule has 0 fully saturated rings. The zero-order valence-electron chi connectivity index (χ0n) is 21.5. The Bertz CT molecular complexity index is 1630. The lowest BCUT2D eigenvalue weighted by Crippen LogP contribution is -2.24. The zero-order chi connectivity index (χ0) is 26.3. The molecule has 1 amide bonds. The molecule has 0 saturated carbocycles. The first-order valence-corrected chi connectivity index (χ1v) is 11.9. The van der Waals surface area contributed by atoms with Gasteiger partial charge in [0.05, 0.1) is 17.3 Å². The number of carbonyl (C=O) groups excluding carboxylic acids is 1. The quantitative estimate of drug-likeness (QED) is 0.350. The highest BCUT2D eigenvalue weighted by Gasteiger charge is 2.24. The largest absolute Gasteiger partial charge is 0.344 e. The average Bonchev–Trinajstić information content (AvgIpc) is 3.60. The number of aromatic amines is 1. The van der Waals surface area contributed by atoms with E-state index in [-0.39, 0.29) is 17.9 Å². The smallest absolute Gasteiger partial charge is 0.315 e. The van der Waals surface area contributed by atoms with Crippen LogP contribution in [0.1, 0.15) is 55.3 Å². The molecule has 0 bridgehead atoms. The number of benzene rings is 1. The average molecular weight is 497 g/mol. The standard InChI is InChI=1S/C27H28N8O2/c1-15(2)20-11-16(7-8-17(20)12-29-24(36)25-33-26(34-37-25)27(3,4)5)19-9-10-28-23-21(19)31-22(32-23)18-13-30-35(6)14-18/h7-11,13-14H,1,12H2,2-6H3,(H,29,36)(H,28,31,32). The number of nitrogens with one attached hydrogen (secondary N) is 2. The summed E-state index contributed by atoms with van der Waals surface area (Å²) < 4.78 is 6.89. The maximum absolute atomic E-state index is 12.6. The summed E-state index contributed by atoms with van der Waals surface area (Å²) in [5.41, 5.74) is 6.72. The van der Waals surface area contributed by atoms with Gasteiger partial charge in [-0.1, -0.05) is 50.2 Å². The van der Waals surface area contributed by atoms with Crippen molar-refractivity contribution >= 4 is 22.6 Å². The van der Waals surface area contributed by atoms with E-state index in [1.54, 1.807) is 17.1 Å². The monoisotopic (exact) mass is 496 g/mol. The number of allylic oxidation sites excluding steroid dienone is 1. The number of rotatable bonds is 6. The van der Waals surface area contributed by atoms with Gasteiger partial charge in [-0.2, -0.15) is 10.1 Å². The second kappa shape index (κ2) is 9.12. The van der Waals surface area contributed by atoms with Crippen LogP contribution in [-0.4, -0.2) is 40.8 Å². The fraction of sp³-hybridized carbons (Fsp3) is 0.259. The highest BCUT2D eigenvalue weighted by atomic mass is 16.5. The molecule has 188 valence electrons. The Morgan fingerprint density at radius 3 is 2.68 bits per heavy atom. The summed E-state index contributed by atoms with van der Waals surface area (Å²) >= 11 is 0. The highest BCUT2D eigenvalue weighted by molar-refractivity contribution is 5.92. The fourth-order valence-corrected chi connectivity index (χ4v) is 4.00. The lowest BCUT2D eigenvalue weighted by molar-refractivity contribution is 0.0907. The SMILES string of the molecule is C=C(C)c1cc(-c2ccnc3nc(-c4cnn(C)c4)[nH]c23)ccc1CNC(=O)c1nc(C(C)(C)C)no1. The molecule has 5 aromatic rings. The molecule has 0 aliphatic carbocycles. The molecule has 0 saturated heterocycles. The van der Waals surface area contributed by atoms with Gasteiger partial charge in [-0.25, -0.2) is 9.97 Å². The summed E-state index contributed by atoms with van der Waals surface area (Å²) in [7, 11) is 1.87. The molecule has 2 N–H and O–H groups in total. The molecule has 0 spiro atoms. The first-order chi connectivity index (χ1) is 17.6. The first-order valence-electron chi connectivity index (χ1n) is 11.9. The van der Waals surface area contributed by atoms with Gasteiger partial charge >= 0.3 is 11.8 Å². The van der Waals surface area contributed by atoms with Crippen LogP contribution in [0.3, 0.4) is 0 Å². The summed E-state index contributed by atoms with van der Waals surface area (Å²) in [6, 6.07) is 8.01. The Hall–Kier alpha value is -4.60. The fourth-order valence-electron chi connectivity index (χ4n) is 4.00. The van der Waals surface area contributed by atoms with E-state index >= 15 is 0 Å². The van der Waals surface area contributed by atoms with Crippen molar-refractivity contribution in [1.29, 1.82) is 0 Å². The molecule has 5 rings (SSSR count). The van der Waals surface area contributed by atoms with Crippen molar-refractivity contribution in [3.63, 3.8) is 0 Å². The summed E-state index contributed by atoms with van der Waals surface area (Å²) in [4.78, 5) is 29.4. The number of H-pyrrole nitrogens is 1. The van der Waals surface area contributed by atoms with Crippen LogP contribution in [0.15, 0.2) is 54.0 Å². The maximum atomic E-state index is 12.6. The van der Waals surface area contributed by atoms with Gasteiger partial charge in [-0.3, -0.25) is 9.48 Å². The minimum absolute atomic E-state index is 0.0544. The van der Waals surface area contributed by atoms with Crippen molar-refractivity contribution < 1.29 is 9.32 Å². The molecule has 4 aromatic heterocycles. The van der Waals surface area contributed by atoms with Gasteiger partial charge in [-0.15, -0.1) is 0 Å². The van der Waals surface area contributed by atoms with Crippen LogP contribution in [0.2, 0.25) is 0 Å². The Morgan fingerprint density at radius 2 is 2.00 bits per heavy atom. The van der Waals surface area contributed by atoms with E-state index in [1.807, 2.05) is 59.1 Å². The van der Waals surface area contributed by atoms with E-state index in [4.69, 9.17) is 4.52 Å². The lowest BCUT2D eigenvalue weighted by atomic mass is 9.95. The van der Waals surface area contributed by atoms with Gasteiger partial charge in [-0.05, 0) is 35.7 Å². The first kappa shape index (κ1) is 24.1. The van der Waals surface area contributed by atoms with Gasteiger partial charge in [0.1, 0.15) is 5.82 Å². The predicted molar refractivity (Wildman–Crippen MR) is 140 cm³/mol. The molecular weight excluding hydrogens is 468 g/mol. The topological polar surface area (TPSA) is 127 Å². The second-order valence-corrected chi connectivity index (χ2v) is 10.1. The van der Waals surface area contributed by atoms with E-state index in [1.165, 1.54) is 0 Å². The van der Waals surface area contributed by atoms with Crippen LogP contribution in [0.25, 0.3) is 39.3 Å². The molecule has 37 heavy (non-hydrogen) atoms. The maximum Gasteiger partial charge on any atom is 0.315 e. The number of carbonyl (C=O) groups is 1. The number of imidazole rings is 1. The van der Waals surface area contributed by atoms with Crippen molar-refractivity contribution in [2.75, 3.05) is 0 Å². The number of hydrogen-bond donors (Lipinski definition) is 2. The van der Waals surface area contributed by atoms with Crippen molar-refractivity contribution in [2.24, 2.45) is 7.05 Å². The minimum Gasteiger partial charge on any atom is -0.344 e. The third-order valence-electron chi connectivity index (χ3n) is 5.98. The Morgan fingerprint density at radius 1 is 1.19 bits per heavy atom. The Balaban J connectivity index is 1.42. The van der Waals surface area contributed by atoms with Gasteiger partial charge in [0.25, 0.3) is 0 Å². The highest BCUT2D eigenvalue weighted by Crippen LogP contribution is 2.31. The second-order valence-electron chi connectivity index (χ2n) is 10.1. The third-order valence-corrected chi connectivity index (χ3v) is 5.98. The summed E-state index contributed by atoms with van der Waals surface area (Å²) in [6.45, 7) is 12.3. The normalized spacial score (nSPS) is 11.7. The van der Waals surface area contributed by atoms with Crippen LogP contribution in [0.4, 0.5) is 0 Å². The van der Waals surface area contributed by atoms with E-state index in [9.17, 15) is 4.79 Å². The molecular formula is C27H28N8O2. The van der Waals surface area contributed by atoms with Crippen molar-refractivity contribution in [1.82, 2.24) is 40.2 Å². The van der Waals surface area contributed by atoms with Gasteiger partial charge in [0.15, 0.2) is 11.5 Å². The van der Waals surface area contributed by atoms with Crippen LogP contribution < -0.4 is 5.32 Å². The van der Waals surface area contributed by atoms with Crippen LogP contribution in [0, 0.1) is 0 Å². The zero-order valence-corrected chi connectivity index (χ0v) is 21.5. The Kier molecular flexibility index (Phi) is 5.94. The number of pyridine rings is 1. The predicted octanol–water partition coefficient (Wildman–Crippen LogP) is 4.67. The van der Waals surface area contributed by atoms with E-state index in [2.05, 4.69) is 48.2 Å².